The van der Waals surface area contributed by atoms with Crippen molar-refractivity contribution in [1.82, 2.24) is 0 Å². The zero-order valence-electron chi connectivity index (χ0n) is 14.6. The lowest BCUT2D eigenvalue weighted by Crippen LogP contribution is -2.28. The Bertz CT molecular complexity index is 317. The van der Waals surface area contributed by atoms with Gasteiger partial charge in [-0.1, -0.05) is 44.6 Å². The number of rotatable bonds is 8. The summed E-state index contributed by atoms with van der Waals surface area (Å²) in [5, 5.41) is 0. The van der Waals surface area contributed by atoms with E-state index in [9.17, 15) is 0 Å². The number of hydrogen-bond donors (Lipinski definition) is 0. The molecule has 0 aromatic rings. The average Bonchev–Trinajstić information content (AvgIpc) is 2.58. The van der Waals surface area contributed by atoms with Crippen molar-refractivity contribution in [3.63, 3.8) is 0 Å². The van der Waals surface area contributed by atoms with Gasteiger partial charge in [-0.2, -0.15) is 0 Å². The molecule has 1 nitrogen and oxygen atoms in total. The van der Waals surface area contributed by atoms with Crippen LogP contribution in [0, 0.1) is 17.8 Å². The summed E-state index contributed by atoms with van der Waals surface area (Å²) in [7, 11) is 0. The summed E-state index contributed by atoms with van der Waals surface area (Å²) in [4.78, 5) is 0. The van der Waals surface area contributed by atoms with Crippen LogP contribution in [0.4, 0.5) is 0 Å². The number of hydrogen-bond acceptors (Lipinski definition) is 1. The lowest BCUT2D eigenvalue weighted by molar-refractivity contribution is 0.00606. The monoisotopic (exact) mass is 304 g/mol. The van der Waals surface area contributed by atoms with Gasteiger partial charge >= 0.3 is 0 Å². The first kappa shape index (κ1) is 17.8. The van der Waals surface area contributed by atoms with Crippen molar-refractivity contribution in [2.24, 2.45) is 17.8 Å². The predicted octanol–water partition coefficient (Wildman–Crippen LogP) is 6.30. The van der Waals surface area contributed by atoms with Gasteiger partial charge in [0, 0.05) is 6.61 Å². The van der Waals surface area contributed by atoms with E-state index < -0.39 is 0 Å². The Morgan fingerprint density at radius 3 is 2.14 bits per heavy atom. The minimum absolute atomic E-state index is 0.569. The second-order valence-electron chi connectivity index (χ2n) is 7.41. The molecule has 0 aromatic heterocycles. The van der Waals surface area contributed by atoms with Gasteiger partial charge in [-0.15, -0.1) is 0 Å². The Morgan fingerprint density at radius 1 is 0.909 bits per heavy atom. The second kappa shape index (κ2) is 10.3. The van der Waals surface area contributed by atoms with Crippen LogP contribution in [-0.4, -0.2) is 12.7 Å². The van der Waals surface area contributed by atoms with E-state index in [0.29, 0.717) is 6.10 Å². The molecule has 0 amide bonds. The molecule has 0 saturated heterocycles. The van der Waals surface area contributed by atoms with E-state index in [1.54, 1.807) is 0 Å². The number of ether oxygens (including phenoxy) is 1. The van der Waals surface area contributed by atoms with Gasteiger partial charge in [0.15, 0.2) is 0 Å². The molecule has 0 N–H and O–H groups in total. The van der Waals surface area contributed by atoms with Crippen LogP contribution in [0.25, 0.3) is 0 Å². The summed E-state index contributed by atoms with van der Waals surface area (Å²) < 4.78 is 6.06. The molecule has 22 heavy (non-hydrogen) atoms. The third kappa shape index (κ3) is 5.91. The fraction of sp³-hybridized carbons (Fsp3) is 0.810. The van der Waals surface area contributed by atoms with Crippen molar-refractivity contribution in [3.05, 3.63) is 24.8 Å². The van der Waals surface area contributed by atoms with Gasteiger partial charge in [-0.3, -0.25) is 0 Å². The van der Waals surface area contributed by atoms with Crippen LogP contribution in [0.1, 0.15) is 77.6 Å². The molecule has 2 saturated carbocycles. The Balaban J connectivity index is 1.61. The van der Waals surface area contributed by atoms with E-state index in [0.717, 1.165) is 24.4 Å². The molecule has 0 aromatic carbocycles. The van der Waals surface area contributed by atoms with Crippen LogP contribution < -0.4 is 0 Å². The molecule has 126 valence electrons. The predicted molar refractivity (Wildman–Crippen MR) is 96.0 cm³/mol. The van der Waals surface area contributed by atoms with Crippen molar-refractivity contribution >= 4 is 0 Å². The summed E-state index contributed by atoms with van der Waals surface area (Å²) in [5.74, 6) is 2.79. The third-order valence-electron chi connectivity index (χ3n) is 5.82. The first-order chi connectivity index (χ1) is 10.8. The Kier molecular flexibility index (Phi) is 8.30. The van der Waals surface area contributed by atoms with E-state index in [2.05, 4.69) is 25.7 Å². The van der Waals surface area contributed by atoms with Crippen molar-refractivity contribution < 1.29 is 4.74 Å². The van der Waals surface area contributed by atoms with Crippen molar-refractivity contribution in [2.75, 3.05) is 6.61 Å². The molecule has 2 aliphatic rings. The van der Waals surface area contributed by atoms with Gasteiger partial charge in [0.2, 0.25) is 0 Å². The molecular weight excluding hydrogens is 268 g/mol. The first-order valence-corrected chi connectivity index (χ1v) is 9.74. The normalized spacial score (nSPS) is 33.1. The summed E-state index contributed by atoms with van der Waals surface area (Å²) in [6.45, 7) is 7.02. The maximum absolute atomic E-state index is 6.06. The molecule has 0 bridgehead atoms. The largest absolute Gasteiger partial charge is 0.378 e. The zero-order chi connectivity index (χ0) is 15.6. The van der Waals surface area contributed by atoms with Crippen molar-refractivity contribution in [3.8, 4) is 0 Å². The van der Waals surface area contributed by atoms with E-state index in [4.69, 9.17) is 4.74 Å². The maximum atomic E-state index is 6.06. The Hall–Kier alpha value is -0.560. The summed E-state index contributed by atoms with van der Waals surface area (Å²) in [6, 6.07) is 0. The van der Waals surface area contributed by atoms with Crippen LogP contribution in [0.2, 0.25) is 0 Å². The van der Waals surface area contributed by atoms with Crippen LogP contribution in [0.5, 0.6) is 0 Å². The van der Waals surface area contributed by atoms with Gasteiger partial charge in [-0.25, -0.2) is 0 Å². The van der Waals surface area contributed by atoms with E-state index in [1.165, 1.54) is 70.6 Å². The quantitative estimate of drug-likeness (QED) is 0.377. The van der Waals surface area contributed by atoms with Crippen molar-refractivity contribution in [2.45, 2.75) is 83.7 Å². The van der Waals surface area contributed by atoms with Crippen LogP contribution >= 0.6 is 0 Å². The highest BCUT2D eigenvalue weighted by atomic mass is 16.5. The van der Waals surface area contributed by atoms with Crippen molar-refractivity contribution in [1.29, 1.82) is 0 Å². The molecule has 0 unspecified atom stereocenters. The SMILES string of the molecule is C=CC=CC1CCC(C2CCC(OCCCCC)CC2)CC1. The highest BCUT2D eigenvalue weighted by Crippen LogP contribution is 2.40. The van der Waals surface area contributed by atoms with Crippen LogP contribution in [-0.2, 0) is 4.74 Å². The smallest absolute Gasteiger partial charge is 0.0575 e. The minimum atomic E-state index is 0.569. The summed E-state index contributed by atoms with van der Waals surface area (Å²) in [5.41, 5.74) is 0. The molecule has 0 heterocycles. The Labute approximate surface area is 138 Å². The minimum Gasteiger partial charge on any atom is -0.378 e. The number of allylic oxidation sites excluding steroid dienone is 3. The fourth-order valence-corrected chi connectivity index (χ4v) is 4.37. The molecular formula is C21H36O. The average molecular weight is 305 g/mol. The highest BCUT2D eigenvalue weighted by Gasteiger charge is 2.30. The lowest BCUT2D eigenvalue weighted by Gasteiger charge is -2.37. The van der Waals surface area contributed by atoms with Gasteiger partial charge in [0.25, 0.3) is 0 Å². The van der Waals surface area contributed by atoms with Gasteiger partial charge in [0.05, 0.1) is 6.10 Å². The van der Waals surface area contributed by atoms with Gasteiger partial charge in [0.1, 0.15) is 0 Å². The topological polar surface area (TPSA) is 9.23 Å². The van der Waals surface area contributed by atoms with Gasteiger partial charge in [-0.05, 0) is 75.5 Å². The zero-order valence-corrected chi connectivity index (χ0v) is 14.6. The number of unbranched alkanes of at least 4 members (excludes halogenated alkanes) is 2. The second-order valence-corrected chi connectivity index (χ2v) is 7.41. The lowest BCUT2D eigenvalue weighted by atomic mass is 9.70. The highest BCUT2D eigenvalue weighted by molar-refractivity contribution is 5.01. The van der Waals surface area contributed by atoms with E-state index in [1.807, 2.05) is 6.08 Å². The first-order valence-electron chi connectivity index (χ1n) is 9.74. The molecule has 0 radical (unpaired) electrons. The molecule has 2 rings (SSSR count). The summed E-state index contributed by atoms with van der Waals surface area (Å²) in [6.07, 6.45) is 22.0. The fourth-order valence-electron chi connectivity index (χ4n) is 4.37. The van der Waals surface area contributed by atoms with Crippen LogP contribution in [0.15, 0.2) is 24.8 Å². The molecule has 0 spiro atoms. The van der Waals surface area contributed by atoms with Crippen LogP contribution in [0.3, 0.4) is 0 Å². The van der Waals surface area contributed by atoms with E-state index in [-0.39, 0.29) is 0 Å². The standard InChI is InChI=1S/C21H36O/c1-3-5-7-17-22-21-15-13-20(14-16-21)19-11-9-18(10-12-19)8-6-4-2/h4,6,8,18-21H,2-3,5,7,9-17H2,1H3. The molecule has 2 aliphatic carbocycles. The summed E-state index contributed by atoms with van der Waals surface area (Å²) >= 11 is 0. The Morgan fingerprint density at radius 2 is 1.55 bits per heavy atom. The van der Waals surface area contributed by atoms with Gasteiger partial charge < -0.3 is 4.74 Å². The van der Waals surface area contributed by atoms with E-state index >= 15 is 0 Å². The molecule has 0 atom stereocenters. The molecule has 1 heteroatoms. The maximum Gasteiger partial charge on any atom is 0.0575 e. The molecule has 0 aliphatic heterocycles. The third-order valence-corrected chi connectivity index (χ3v) is 5.82. The molecule has 2 fully saturated rings.